The van der Waals surface area contributed by atoms with Crippen LogP contribution in [0.25, 0.3) is 0 Å². The highest BCUT2D eigenvalue weighted by atomic mass is 33.1. The summed E-state index contributed by atoms with van der Waals surface area (Å²) in [6.45, 7) is 9.67. The van der Waals surface area contributed by atoms with Crippen molar-refractivity contribution >= 4 is 27.7 Å². The molecule has 0 saturated carbocycles. The van der Waals surface area contributed by atoms with Gasteiger partial charge >= 0.3 is 0 Å². The van der Waals surface area contributed by atoms with Crippen molar-refractivity contribution in [3.8, 4) is 0 Å². The molecule has 0 aromatic heterocycles. The first-order valence-corrected chi connectivity index (χ1v) is 9.39. The SMILES string of the molecule is CC(C)/C=C/CNC(=O)CCCOCSSNC(C)C. The second-order valence-corrected chi connectivity index (χ2v) is 7.16. The maximum absolute atomic E-state index is 11.5. The fourth-order valence-electron chi connectivity index (χ4n) is 1.18. The first kappa shape index (κ1) is 19.8. The number of nitrogens with one attached hydrogen (secondary N) is 2. The van der Waals surface area contributed by atoms with Crippen LogP contribution < -0.4 is 10.0 Å². The van der Waals surface area contributed by atoms with E-state index in [1.54, 1.807) is 21.8 Å². The molecule has 20 heavy (non-hydrogen) atoms. The monoisotopic (exact) mass is 320 g/mol. The molecule has 0 spiro atoms. The smallest absolute Gasteiger partial charge is 0.220 e. The molecule has 0 aromatic rings. The Morgan fingerprint density at radius 3 is 2.70 bits per heavy atom. The third-order valence-corrected chi connectivity index (χ3v) is 3.98. The Morgan fingerprint density at radius 1 is 1.30 bits per heavy atom. The zero-order valence-electron chi connectivity index (χ0n) is 13.0. The molecule has 1 amide bonds. The lowest BCUT2D eigenvalue weighted by Crippen LogP contribution is -2.23. The molecule has 4 nitrogen and oxygen atoms in total. The Morgan fingerprint density at radius 2 is 2.05 bits per heavy atom. The summed E-state index contributed by atoms with van der Waals surface area (Å²) in [5.74, 6) is 1.26. The van der Waals surface area contributed by atoms with Gasteiger partial charge in [-0.25, -0.2) is 0 Å². The summed E-state index contributed by atoms with van der Waals surface area (Å²) in [4.78, 5) is 11.5. The molecule has 0 fully saturated rings. The first-order chi connectivity index (χ1) is 9.52. The van der Waals surface area contributed by atoms with Crippen molar-refractivity contribution in [3.63, 3.8) is 0 Å². The topological polar surface area (TPSA) is 50.4 Å². The van der Waals surface area contributed by atoms with Crippen LogP contribution in [0.15, 0.2) is 12.2 Å². The third-order valence-electron chi connectivity index (χ3n) is 2.10. The summed E-state index contributed by atoms with van der Waals surface area (Å²) in [5.41, 5.74) is 0. The number of ether oxygens (including phenoxy) is 1. The van der Waals surface area contributed by atoms with Gasteiger partial charge in [-0.2, -0.15) is 0 Å². The number of allylic oxidation sites excluding steroid dienone is 1. The molecular weight excluding hydrogens is 292 g/mol. The minimum atomic E-state index is 0.0884. The molecule has 2 N–H and O–H groups in total. The van der Waals surface area contributed by atoms with E-state index in [1.165, 1.54) is 0 Å². The van der Waals surface area contributed by atoms with Crippen LogP contribution in [0, 0.1) is 5.92 Å². The van der Waals surface area contributed by atoms with Crippen molar-refractivity contribution in [2.75, 3.05) is 19.1 Å². The summed E-state index contributed by atoms with van der Waals surface area (Å²) in [6.07, 6.45) is 5.37. The summed E-state index contributed by atoms with van der Waals surface area (Å²) in [7, 11) is 3.23. The fourth-order valence-corrected chi connectivity index (χ4v) is 2.81. The molecule has 0 heterocycles. The lowest BCUT2D eigenvalue weighted by atomic mass is 10.2. The molecule has 0 aromatic carbocycles. The number of carbonyl (C=O) groups excluding carboxylic acids is 1. The highest BCUT2D eigenvalue weighted by Gasteiger charge is 1.99. The standard InChI is InChI=1S/C14H28N2O2S2/c1-12(2)7-5-9-15-14(17)8-6-10-18-11-19-20-16-13(3)4/h5,7,12-13,16H,6,8-11H2,1-4H3,(H,15,17)/b7-5+. The van der Waals surface area contributed by atoms with E-state index in [0.717, 1.165) is 6.42 Å². The van der Waals surface area contributed by atoms with Crippen LogP contribution in [0.3, 0.4) is 0 Å². The third kappa shape index (κ3) is 15.9. The van der Waals surface area contributed by atoms with Gasteiger partial charge in [0.05, 0.1) is 0 Å². The van der Waals surface area contributed by atoms with Crippen LogP contribution in [0.2, 0.25) is 0 Å². The van der Waals surface area contributed by atoms with E-state index >= 15 is 0 Å². The molecule has 0 radical (unpaired) electrons. The molecule has 0 unspecified atom stereocenters. The average molecular weight is 321 g/mol. The second kappa shape index (κ2) is 13.8. The molecule has 0 aliphatic rings. The van der Waals surface area contributed by atoms with Crippen molar-refractivity contribution in [2.24, 2.45) is 5.92 Å². The van der Waals surface area contributed by atoms with E-state index in [2.05, 4.69) is 43.8 Å². The lowest BCUT2D eigenvalue weighted by molar-refractivity contribution is -0.121. The van der Waals surface area contributed by atoms with Crippen LogP contribution >= 0.6 is 21.8 Å². The molecular formula is C14H28N2O2S2. The van der Waals surface area contributed by atoms with E-state index in [-0.39, 0.29) is 5.91 Å². The highest BCUT2D eigenvalue weighted by molar-refractivity contribution is 8.75. The van der Waals surface area contributed by atoms with E-state index in [9.17, 15) is 4.79 Å². The lowest BCUT2D eigenvalue weighted by Gasteiger charge is -2.07. The van der Waals surface area contributed by atoms with Gasteiger partial charge in [0, 0.05) is 25.6 Å². The number of hydrogen-bond donors (Lipinski definition) is 2. The summed E-state index contributed by atoms with van der Waals surface area (Å²) in [5, 5.41) is 2.86. The van der Waals surface area contributed by atoms with Gasteiger partial charge in [-0.05, 0) is 48.0 Å². The predicted molar refractivity (Wildman–Crippen MR) is 90.5 cm³/mol. The fraction of sp³-hybridized carbons (Fsp3) is 0.786. The quantitative estimate of drug-likeness (QED) is 0.190. The molecule has 0 aliphatic heterocycles. The maximum Gasteiger partial charge on any atom is 0.220 e. The highest BCUT2D eigenvalue weighted by Crippen LogP contribution is 2.17. The van der Waals surface area contributed by atoms with E-state index in [4.69, 9.17) is 4.74 Å². The summed E-state index contributed by atoms with van der Waals surface area (Å²) < 4.78 is 8.65. The normalized spacial score (nSPS) is 11.7. The Hall–Kier alpha value is -0.170. The predicted octanol–water partition coefficient (Wildman–Crippen LogP) is 3.36. The van der Waals surface area contributed by atoms with Crippen LogP contribution in [-0.4, -0.2) is 31.0 Å². The number of hydrogen-bond acceptors (Lipinski definition) is 5. The van der Waals surface area contributed by atoms with E-state index in [1.807, 2.05) is 6.08 Å². The number of carbonyl (C=O) groups is 1. The van der Waals surface area contributed by atoms with Crippen molar-refractivity contribution in [3.05, 3.63) is 12.2 Å². The Labute approximate surface area is 131 Å². The van der Waals surface area contributed by atoms with E-state index in [0.29, 0.717) is 37.5 Å². The maximum atomic E-state index is 11.5. The van der Waals surface area contributed by atoms with E-state index < -0.39 is 0 Å². The first-order valence-electron chi connectivity index (χ1n) is 7.07. The summed E-state index contributed by atoms with van der Waals surface area (Å²) in [6, 6.07) is 0.473. The molecule has 118 valence electrons. The zero-order valence-corrected chi connectivity index (χ0v) is 14.6. The van der Waals surface area contributed by atoms with Gasteiger partial charge in [-0.15, -0.1) is 0 Å². The molecule has 0 rings (SSSR count). The largest absolute Gasteiger partial charge is 0.370 e. The van der Waals surface area contributed by atoms with Crippen molar-refractivity contribution in [1.82, 2.24) is 10.0 Å². The van der Waals surface area contributed by atoms with Crippen molar-refractivity contribution in [1.29, 1.82) is 0 Å². The van der Waals surface area contributed by atoms with Crippen LogP contribution in [0.5, 0.6) is 0 Å². The second-order valence-electron chi connectivity index (χ2n) is 5.08. The number of amides is 1. The molecule has 0 bridgehead atoms. The Balaban J connectivity index is 3.27. The molecule has 0 atom stereocenters. The van der Waals surface area contributed by atoms with Gasteiger partial charge in [-0.3, -0.25) is 9.52 Å². The Bertz CT molecular complexity index is 272. The Kier molecular flexibility index (Phi) is 13.7. The van der Waals surface area contributed by atoms with Gasteiger partial charge in [0.25, 0.3) is 0 Å². The molecule has 0 aliphatic carbocycles. The minimum Gasteiger partial charge on any atom is -0.370 e. The van der Waals surface area contributed by atoms with Crippen LogP contribution in [-0.2, 0) is 9.53 Å². The van der Waals surface area contributed by atoms with Gasteiger partial charge in [0.15, 0.2) is 0 Å². The van der Waals surface area contributed by atoms with Gasteiger partial charge in [0.2, 0.25) is 5.91 Å². The van der Waals surface area contributed by atoms with Gasteiger partial charge in [0.1, 0.15) is 5.94 Å². The average Bonchev–Trinajstić information content (AvgIpc) is 2.37. The van der Waals surface area contributed by atoms with Gasteiger partial charge < -0.3 is 10.1 Å². The zero-order chi connectivity index (χ0) is 15.2. The summed E-state index contributed by atoms with van der Waals surface area (Å²) >= 11 is 0. The number of rotatable bonds is 12. The molecule has 6 heteroatoms. The van der Waals surface area contributed by atoms with Gasteiger partial charge in [-0.1, -0.05) is 26.0 Å². The molecule has 0 saturated heterocycles. The van der Waals surface area contributed by atoms with Crippen molar-refractivity contribution in [2.45, 2.75) is 46.6 Å². The van der Waals surface area contributed by atoms with Crippen molar-refractivity contribution < 1.29 is 9.53 Å². The minimum absolute atomic E-state index is 0.0884. The van der Waals surface area contributed by atoms with Crippen LogP contribution in [0.1, 0.15) is 40.5 Å². The van der Waals surface area contributed by atoms with Crippen LogP contribution in [0.4, 0.5) is 0 Å².